The number of fused-ring (bicyclic) bond motifs is 26. The maximum absolute atomic E-state index is 3.73. The van der Waals surface area contributed by atoms with Crippen LogP contribution < -0.4 is 0 Å². The highest BCUT2D eigenvalue weighted by Crippen LogP contribution is 2.65. The van der Waals surface area contributed by atoms with Gasteiger partial charge in [0.25, 0.3) is 0 Å². The van der Waals surface area contributed by atoms with Crippen LogP contribution >= 0.6 is 63.7 Å². The van der Waals surface area contributed by atoms with Crippen LogP contribution in [0.15, 0.2) is 90.7 Å². The summed E-state index contributed by atoms with van der Waals surface area (Å²) in [6.45, 7) is 0. The van der Waals surface area contributed by atoms with Crippen molar-refractivity contribution in [3.8, 4) is 0 Å². The van der Waals surface area contributed by atoms with Crippen molar-refractivity contribution >= 4 is 85.3 Å². The first-order chi connectivity index (χ1) is 21.9. The van der Waals surface area contributed by atoms with Crippen molar-refractivity contribution in [1.82, 2.24) is 0 Å². The number of halogens is 4. The number of hydrogen-bond donors (Lipinski definition) is 0. The van der Waals surface area contributed by atoms with E-state index in [2.05, 4.69) is 137 Å². The predicted octanol–water partition coefficient (Wildman–Crippen LogP) is 13.0. The Bertz CT molecular complexity index is 2120. The molecule has 0 radical (unpaired) electrons. The van der Waals surface area contributed by atoms with E-state index in [0.29, 0.717) is 35.5 Å². The zero-order chi connectivity index (χ0) is 29.6. The minimum atomic E-state index is 0.540. The van der Waals surface area contributed by atoms with Gasteiger partial charge < -0.3 is 0 Å². The summed E-state index contributed by atoms with van der Waals surface area (Å²) in [4.78, 5) is 0. The Labute approximate surface area is 295 Å². The smallest absolute Gasteiger partial charge is 0.0323 e. The van der Waals surface area contributed by atoms with Gasteiger partial charge in [-0.05, 0) is 196 Å². The van der Waals surface area contributed by atoms with Crippen LogP contribution in [0.4, 0.5) is 0 Å². The van der Waals surface area contributed by atoms with Crippen molar-refractivity contribution in [1.29, 1.82) is 0 Å². The molecule has 0 aliphatic heterocycles. The second-order valence-electron chi connectivity index (χ2n) is 14.4. The van der Waals surface area contributed by atoms with Crippen molar-refractivity contribution < 1.29 is 0 Å². The molecule has 0 heterocycles. The summed E-state index contributed by atoms with van der Waals surface area (Å²) in [6, 6.07) is 29.7. The van der Waals surface area contributed by atoms with Gasteiger partial charge in [-0.3, -0.25) is 0 Å². The van der Waals surface area contributed by atoms with Crippen LogP contribution in [-0.2, 0) is 0 Å². The number of benzene rings is 6. The maximum Gasteiger partial charge on any atom is 0.0323 e. The number of rotatable bonds is 0. The van der Waals surface area contributed by atoms with Crippen molar-refractivity contribution in [2.75, 3.05) is 0 Å². The minimum absolute atomic E-state index is 0.540. The molecule has 6 aliphatic carbocycles. The lowest BCUT2D eigenvalue weighted by atomic mass is 9.76. The first-order valence-corrected chi connectivity index (χ1v) is 19.3. The van der Waals surface area contributed by atoms with Crippen LogP contribution in [-0.4, -0.2) is 0 Å². The van der Waals surface area contributed by atoms with E-state index in [1.165, 1.54) is 40.8 Å². The summed E-state index contributed by atoms with van der Waals surface area (Å²) in [5, 5.41) is 5.35. The average molecular weight is 836 g/mol. The zero-order valence-electron chi connectivity index (χ0n) is 24.0. The fraction of sp³-hybridized carbons (Fsp3) is 0.220. The average Bonchev–Trinajstić information content (AvgIpc) is 3.87. The van der Waals surface area contributed by atoms with Crippen molar-refractivity contribution in [3.63, 3.8) is 0 Å². The van der Waals surface area contributed by atoms with E-state index in [4.69, 9.17) is 0 Å². The molecule has 0 N–H and O–H groups in total. The summed E-state index contributed by atoms with van der Waals surface area (Å²) >= 11 is 14.9. The molecular formula is C41H24Br4. The van der Waals surface area contributed by atoms with Crippen molar-refractivity contribution in [3.05, 3.63) is 157 Å². The van der Waals surface area contributed by atoms with E-state index in [9.17, 15) is 0 Å². The third kappa shape index (κ3) is 3.11. The van der Waals surface area contributed by atoms with Gasteiger partial charge in [-0.15, -0.1) is 0 Å². The van der Waals surface area contributed by atoms with Crippen LogP contribution in [0.2, 0.25) is 0 Å². The monoisotopic (exact) mass is 832 g/mol. The van der Waals surface area contributed by atoms with Gasteiger partial charge >= 0.3 is 0 Å². The molecule has 0 spiro atoms. The van der Waals surface area contributed by atoms with Gasteiger partial charge in [-0.25, -0.2) is 0 Å². The molecule has 0 fully saturated rings. The van der Waals surface area contributed by atoms with E-state index < -0.39 is 0 Å². The van der Waals surface area contributed by atoms with E-state index in [-0.39, 0.29) is 0 Å². The predicted molar refractivity (Wildman–Crippen MR) is 196 cm³/mol. The van der Waals surface area contributed by atoms with Gasteiger partial charge in [0.05, 0.1) is 0 Å². The number of hydrogen-bond acceptors (Lipinski definition) is 0. The SMILES string of the molecule is Brc1cc2cc3c(cc2cc1Br)[C@H]1C[C@@H]3c2cc3c(cc21)C1CC3c2cc3c(cc21)[C@H]1C[C@@H]3c2cc3cc(Br)c(Br)cc3cc21. The molecule has 6 aromatic rings. The quantitative estimate of drug-likeness (QED) is 0.143. The van der Waals surface area contributed by atoms with Gasteiger partial charge in [-0.2, -0.15) is 0 Å². The van der Waals surface area contributed by atoms with E-state index in [1.54, 1.807) is 66.8 Å². The molecule has 4 heteroatoms. The Morgan fingerprint density at radius 3 is 0.644 bits per heavy atom. The molecule has 6 aromatic carbocycles. The minimum Gasteiger partial charge on any atom is -0.0540 e. The highest BCUT2D eigenvalue weighted by Gasteiger charge is 2.49. The first kappa shape index (κ1) is 25.8. The second kappa shape index (κ2) is 8.42. The van der Waals surface area contributed by atoms with Gasteiger partial charge in [0.2, 0.25) is 0 Å². The second-order valence-corrected chi connectivity index (χ2v) is 17.8. The lowest BCUT2D eigenvalue weighted by Crippen LogP contribution is -2.11. The topological polar surface area (TPSA) is 0 Å². The summed E-state index contributed by atoms with van der Waals surface area (Å²) in [5.74, 6) is 3.28. The molecule has 2 unspecified atom stereocenters. The molecule has 0 saturated carbocycles. The van der Waals surface area contributed by atoms with E-state index in [1.807, 2.05) is 0 Å². The van der Waals surface area contributed by atoms with Crippen LogP contribution in [0.1, 0.15) is 122 Å². The highest BCUT2D eigenvalue weighted by atomic mass is 79.9. The van der Waals surface area contributed by atoms with Crippen LogP contribution in [0.25, 0.3) is 21.5 Å². The molecule has 12 rings (SSSR count). The molecule has 45 heavy (non-hydrogen) atoms. The molecule has 6 atom stereocenters. The standard InChI is InChI=1S/C41H24Br4/c42-38-5-16-1-20-21(2-17(16)6-39(38)43)25-9-24(20)28-11-32-33(12-29(25)28)37-15-36(32)34-13-30-26-10-27(31(30)14-35(34)37)23-4-19-8-41(45)40(44)7-18(19)3-22(23)26/h1-8,11-14,24-27,36-37H,9-10,15H2/t24-,25+,26+,27-,36?,37?. The van der Waals surface area contributed by atoms with E-state index >= 15 is 0 Å². The van der Waals surface area contributed by atoms with Crippen molar-refractivity contribution in [2.24, 2.45) is 0 Å². The van der Waals surface area contributed by atoms with Gasteiger partial charge in [0.15, 0.2) is 0 Å². The molecule has 0 aromatic heterocycles. The fourth-order valence-corrected chi connectivity index (χ4v) is 12.3. The lowest BCUT2D eigenvalue weighted by Gasteiger charge is -2.28. The van der Waals surface area contributed by atoms with Gasteiger partial charge in [0.1, 0.15) is 0 Å². The third-order valence-electron chi connectivity index (χ3n) is 12.7. The summed E-state index contributed by atoms with van der Waals surface area (Å²) in [6.07, 6.45) is 3.75. The Hall–Kier alpha value is -2.24. The Morgan fingerprint density at radius 1 is 0.267 bits per heavy atom. The van der Waals surface area contributed by atoms with Crippen LogP contribution in [0.3, 0.4) is 0 Å². The largest absolute Gasteiger partial charge is 0.0540 e. The van der Waals surface area contributed by atoms with Gasteiger partial charge in [0, 0.05) is 53.4 Å². The Morgan fingerprint density at radius 2 is 0.444 bits per heavy atom. The molecule has 6 aliphatic rings. The van der Waals surface area contributed by atoms with Crippen LogP contribution in [0, 0.1) is 0 Å². The molecule has 216 valence electrons. The first-order valence-electron chi connectivity index (χ1n) is 16.1. The fourth-order valence-electron chi connectivity index (χ4n) is 10.9. The molecule has 0 amide bonds. The Kier molecular flexibility index (Phi) is 4.83. The maximum atomic E-state index is 3.73. The molecule has 6 bridgehead atoms. The van der Waals surface area contributed by atoms with Crippen molar-refractivity contribution in [2.45, 2.75) is 54.8 Å². The van der Waals surface area contributed by atoms with Gasteiger partial charge in [-0.1, -0.05) is 48.5 Å². The normalized spacial score (nSPS) is 26.4. The summed E-state index contributed by atoms with van der Waals surface area (Å²) < 4.78 is 4.51. The van der Waals surface area contributed by atoms with E-state index in [0.717, 1.165) is 17.9 Å². The Balaban J connectivity index is 0.961. The van der Waals surface area contributed by atoms with Crippen LogP contribution in [0.5, 0.6) is 0 Å². The molecule has 0 saturated heterocycles. The third-order valence-corrected chi connectivity index (χ3v) is 16.3. The molecular weight excluding hydrogens is 812 g/mol. The zero-order valence-corrected chi connectivity index (χ0v) is 30.4. The summed E-state index contributed by atoms with van der Waals surface area (Å²) in [5.41, 5.74) is 19.3. The summed E-state index contributed by atoms with van der Waals surface area (Å²) in [7, 11) is 0. The lowest BCUT2D eigenvalue weighted by molar-refractivity contribution is 0.778. The molecule has 0 nitrogen and oxygen atoms in total. The highest BCUT2D eigenvalue weighted by molar-refractivity contribution is 9.13.